The fourth-order valence-electron chi connectivity index (χ4n) is 2.53. The molecule has 3 rings (SSSR count). The summed E-state index contributed by atoms with van der Waals surface area (Å²) in [6.45, 7) is 1.25. The van der Waals surface area contributed by atoms with Crippen molar-refractivity contribution < 1.29 is 9.84 Å². The lowest BCUT2D eigenvalue weighted by Crippen LogP contribution is -2.20. The molecule has 0 radical (unpaired) electrons. The van der Waals surface area contributed by atoms with Crippen molar-refractivity contribution in [3.63, 3.8) is 0 Å². The summed E-state index contributed by atoms with van der Waals surface area (Å²) in [7, 11) is 0. The van der Waals surface area contributed by atoms with Gasteiger partial charge in [-0.1, -0.05) is 40.2 Å². The quantitative estimate of drug-likeness (QED) is 0.757. The molecule has 1 aliphatic rings. The topological polar surface area (TPSA) is 60.2 Å². The molecule has 0 fully saturated rings. The minimum atomic E-state index is -0.544. The average Bonchev–Trinajstić information content (AvgIpc) is 2.77. The molecule has 124 valence electrons. The molecule has 1 unspecified atom stereocenters. The van der Waals surface area contributed by atoms with Crippen LogP contribution < -0.4 is 4.74 Å². The first kappa shape index (κ1) is 16.8. The van der Waals surface area contributed by atoms with E-state index in [0.717, 1.165) is 34.2 Å². The maximum Gasteiger partial charge on any atom is 0.191 e. The highest BCUT2D eigenvalue weighted by Gasteiger charge is 2.16. The molecule has 1 aromatic carbocycles. The molecule has 1 aliphatic heterocycles. The number of halogens is 1. The van der Waals surface area contributed by atoms with Crippen LogP contribution in [0.2, 0.25) is 0 Å². The molecule has 0 amide bonds. The van der Waals surface area contributed by atoms with Crippen LogP contribution in [0.5, 0.6) is 5.75 Å². The third kappa shape index (κ3) is 4.71. The summed E-state index contributed by atoms with van der Waals surface area (Å²) in [6, 6.07) is 7.61. The second kappa shape index (κ2) is 8.17. The van der Waals surface area contributed by atoms with E-state index in [0.29, 0.717) is 5.75 Å². The van der Waals surface area contributed by atoms with Crippen molar-refractivity contribution in [1.29, 1.82) is 0 Å². The Hall–Kier alpha value is -1.05. The summed E-state index contributed by atoms with van der Waals surface area (Å²) in [6.07, 6.45) is 4.07. The van der Waals surface area contributed by atoms with E-state index in [4.69, 9.17) is 4.74 Å². The van der Waals surface area contributed by atoms with Crippen LogP contribution in [-0.2, 0) is 13.0 Å². The summed E-state index contributed by atoms with van der Waals surface area (Å²) in [5.41, 5.74) is 0. The molecule has 2 aromatic rings. The van der Waals surface area contributed by atoms with E-state index >= 15 is 0 Å². The summed E-state index contributed by atoms with van der Waals surface area (Å²) >= 11 is 4.95. The number of thioether (sulfide) groups is 1. The first-order chi connectivity index (χ1) is 11.2. The van der Waals surface area contributed by atoms with Crippen LogP contribution in [-0.4, -0.2) is 38.3 Å². The Balaban J connectivity index is 1.49. The Morgan fingerprint density at radius 3 is 3.09 bits per heavy atom. The summed E-state index contributed by atoms with van der Waals surface area (Å²) in [5.74, 6) is 2.37. The SMILES string of the molecule is OC(COc1cccc(Br)c1)CSc1nnc2n1CCCCC2. The highest BCUT2D eigenvalue weighted by Crippen LogP contribution is 2.23. The van der Waals surface area contributed by atoms with Crippen molar-refractivity contribution in [2.24, 2.45) is 0 Å². The van der Waals surface area contributed by atoms with E-state index in [-0.39, 0.29) is 6.61 Å². The second-order valence-electron chi connectivity index (χ2n) is 5.59. The predicted molar refractivity (Wildman–Crippen MR) is 93.9 cm³/mol. The molecule has 0 spiro atoms. The molecule has 7 heteroatoms. The number of ether oxygens (including phenoxy) is 1. The molecular weight excluding hydrogens is 378 g/mol. The number of nitrogens with zero attached hydrogens (tertiary/aromatic N) is 3. The van der Waals surface area contributed by atoms with Crippen LogP contribution in [0.25, 0.3) is 0 Å². The molecule has 0 saturated carbocycles. The lowest BCUT2D eigenvalue weighted by Gasteiger charge is -2.12. The maximum atomic E-state index is 10.1. The highest BCUT2D eigenvalue weighted by atomic mass is 79.9. The van der Waals surface area contributed by atoms with Crippen LogP contribution >= 0.6 is 27.7 Å². The molecule has 5 nitrogen and oxygen atoms in total. The van der Waals surface area contributed by atoms with Gasteiger partial charge in [0.2, 0.25) is 0 Å². The Kier molecular flexibility index (Phi) is 5.96. The minimum Gasteiger partial charge on any atom is -0.491 e. The van der Waals surface area contributed by atoms with E-state index in [1.165, 1.54) is 19.3 Å². The van der Waals surface area contributed by atoms with E-state index in [1.54, 1.807) is 11.8 Å². The number of aryl methyl sites for hydroxylation is 1. The Morgan fingerprint density at radius 2 is 2.22 bits per heavy atom. The van der Waals surface area contributed by atoms with Crippen molar-refractivity contribution >= 4 is 27.7 Å². The summed E-state index contributed by atoms with van der Waals surface area (Å²) < 4.78 is 8.77. The lowest BCUT2D eigenvalue weighted by atomic mass is 10.2. The fraction of sp³-hybridized carbons (Fsp3) is 0.500. The largest absolute Gasteiger partial charge is 0.491 e. The molecule has 0 aliphatic carbocycles. The monoisotopic (exact) mass is 397 g/mol. The van der Waals surface area contributed by atoms with E-state index in [1.807, 2.05) is 24.3 Å². The van der Waals surface area contributed by atoms with Gasteiger partial charge in [0.25, 0.3) is 0 Å². The first-order valence-corrected chi connectivity index (χ1v) is 9.61. The van der Waals surface area contributed by atoms with Gasteiger partial charge in [-0.05, 0) is 31.0 Å². The van der Waals surface area contributed by atoms with Gasteiger partial charge >= 0.3 is 0 Å². The fourth-order valence-corrected chi connectivity index (χ4v) is 3.80. The van der Waals surface area contributed by atoms with Gasteiger partial charge in [0.05, 0.1) is 6.10 Å². The van der Waals surface area contributed by atoms with Gasteiger partial charge in [0.1, 0.15) is 18.2 Å². The molecular formula is C16H20BrN3O2S. The minimum absolute atomic E-state index is 0.268. The zero-order valence-corrected chi connectivity index (χ0v) is 15.2. The smallest absolute Gasteiger partial charge is 0.191 e. The molecule has 0 bridgehead atoms. The van der Waals surface area contributed by atoms with Gasteiger partial charge < -0.3 is 14.4 Å². The van der Waals surface area contributed by atoms with Gasteiger partial charge in [0.15, 0.2) is 5.16 Å². The van der Waals surface area contributed by atoms with Crippen molar-refractivity contribution in [3.05, 3.63) is 34.6 Å². The van der Waals surface area contributed by atoms with Gasteiger partial charge in [-0.2, -0.15) is 0 Å². The zero-order valence-electron chi connectivity index (χ0n) is 12.8. The third-order valence-corrected chi connectivity index (χ3v) is 5.32. The number of aliphatic hydroxyl groups excluding tert-OH is 1. The standard InChI is InChI=1S/C16H20BrN3O2S/c17-12-5-4-6-14(9-12)22-10-13(21)11-23-16-19-18-15-7-2-1-3-8-20(15)16/h4-6,9,13,21H,1-3,7-8,10-11H2. The molecule has 1 N–H and O–H groups in total. The number of fused-ring (bicyclic) bond motifs is 1. The van der Waals surface area contributed by atoms with Crippen LogP contribution in [0.15, 0.2) is 33.9 Å². The third-order valence-electron chi connectivity index (χ3n) is 3.72. The van der Waals surface area contributed by atoms with E-state index in [9.17, 15) is 5.11 Å². The summed E-state index contributed by atoms with van der Waals surface area (Å²) in [5, 5.41) is 19.6. The van der Waals surface area contributed by atoms with Crippen molar-refractivity contribution in [3.8, 4) is 5.75 Å². The Bertz CT molecular complexity index is 650. The van der Waals surface area contributed by atoms with Crippen LogP contribution in [0.1, 0.15) is 25.1 Å². The molecule has 23 heavy (non-hydrogen) atoms. The van der Waals surface area contributed by atoms with Crippen LogP contribution in [0.3, 0.4) is 0 Å². The van der Waals surface area contributed by atoms with Crippen molar-refractivity contribution in [2.45, 2.75) is 43.5 Å². The van der Waals surface area contributed by atoms with E-state index in [2.05, 4.69) is 30.7 Å². The van der Waals surface area contributed by atoms with Gasteiger partial charge in [-0.25, -0.2) is 0 Å². The van der Waals surface area contributed by atoms with Crippen molar-refractivity contribution in [1.82, 2.24) is 14.8 Å². The molecule has 1 atom stereocenters. The number of benzene rings is 1. The molecule has 2 heterocycles. The molecule has 0 saturated heterocycles. The number of hydrogen-bond donors (Lipinski definition) is 1. The number of rotatable bonds is 6. The highest BCUT2D eigenvalue weighted by molar-refractivity contribution is 9.10. The van der Waals surface area contributed by atoms with Crippen LogP contribution in [0.4, 0.5) is 0 Å². The first-order valence-electron chi connectivity index (χ1n) is 7.83. The predicted octanol–water partition coefficient (Wildman–Crippen LogP) is 3.30. The average molecular weight is 398 g/mol. The normalized spacial score (nSPS) is 15.7. The van der Waals surface area contributed by atoms with Crippen molar-refractivity contribution in [2.75, 3.05) is 12.4 Å². The molecule has 1 aromatic heterocycles. The Labute approximate surface area is 148 Å². The lowest BCUT2D eigenvalue weighted by molar-refractivity contribution is 0.126. The summed E-state index contributed by atoms with van der Waals surface area (Å²) in [4.78, 5) is 0. The van der Waals surface area contributed by atoms with Crippen LogP contribution in [0, 0.1) is 0 Å². The zero-order chi connectivity index (χ0) is 16.1. The number of hydrogen-bond acceptors (Lipinski definition) is 5. The van der Waals surface area contributed by atoms with Gasteiger partial charge in [-0.3, -0.25) is 0 Å². The van der Waals surface area contributed by atoms with E-state index < -0.39 is 6.10 Å². The number of aromatic nitrogens is 3. The van der Waals surface area contributed by atoms with Gasteiger partial charge in [-0.15, -0.1) is 10.2 Å². The number of aliphatic hydroxyl groups is 1. The second-order valence-corrected chi connectivity index (χ2v) is 7.50. The Morgan fingerprint density at radius 1 is 1.30 bits per heavy atom. The van der Waals surface area contributed by atoms with Gasteiger partial charge in [0, 0.05) is 23.2 Å². The maximum absolute atomic E-state index is 10.1.